The molecule has 0 amide bonds. The van der Waals surface area contributed by atoms with Gasteiger partial charge < -0.3 is 0 Å². The molecular formula is C11H5F6N2. The number of aromatic nitrogens is 2. The Kier molecular flexibility index (Phi) is 3.03. The molecule has 19 heavy (non-hydrogen) atoms. The van der Waals surface area contributed by atoms with E-state index in [0.717, 1.165) is 12.4 Å². The van der Waals surface area contributed by atoms with E-state index in [2.05, 4.69) is 11.2 Å². The van der Waals surface area contributed by atoms with E-state index in [4.69, 9.17) is 0 Å². The summed E-state index contributed by atoms with van der Waals surface area (Å²) in [6.45, 7) is 0. The van der Waals surface area contributed by atoms with Gasteiger partial charge in [0.1, 0.15) is 0 Å². The number of hydrogen-bond acceptors (Lipinski definition) is 1. The second kappa shape index (κ2) is 4.29. The van der Waals surface area contributed by atoms with E-state index in [9.17, 15) is 26.3 Å². The molecule has 1 radical (unpaired) electrons. The van der Waals surface area contributed by atoms with Gasteiger partial charge in [-0.15, -0.1) is 0 Å². The molecule has 0 fully saturated rings. The molecule has 2 rings (SSSR count). The van der Waals surface area contributed by atoms with Crippen LogP contribution in [0.2, 0.25) is 0 Å². The van der Waals surface area contributed by atoms with Crippen LogP contribution in [0.1, 0.15) is 11.1 Å². The monoisotopic (exact) mass is 279 g/mol. The Hall–Kier alpha value is -1.99. The quantitative estimate of drug-likeness (QED) is 0.728. The number of alkyl halides is 6. The predicted octanol–water partition coefficient (Wildman–Crippen LogP) is 3.71. The van der Waals surface area contributed by atoms with Crippen LogP contribution in [-0.4, -0.2) is 9.78 Å². The van der Waals surface area contributed by atoms with Crippen molar-refractivity contribution in [3.05, 3.63) is 47.8 Å². The minimum absolute atomic E-state index is 0.506. The summed E-state index contributed by atoms with van der Waals surface area (Å²) in [4.78, 5) is 0. The van der Waals surface area contributed by atoms with Crippen LogP contribution in [0, 0.1) is 6.07 Å². The Labute approximate surface area is 103 Å². The molecule has 0 unspecified atom stereocenters. The Bertz CT molecular complexity index is 536. The summed E-state index contributed by atoms with van der Waals surface area (Å²) in [5, 5.41) is 3.40. The highest BCUT2D eigenvalue weighted by molar-refractivity contribution is 5.50. The number of nitrogens with zero attached hydrogens (tertiary/aromatic N) is 2. The van der Waals surface area contributed by atoms with E-state index in [-0.39, 0.29) is 0 Å². The van der Waals surface area contributed by atoms with Crippen LogP contribution < -0.4 is 0 Å². The Morgan fingerprint density at radius 1 is 0.947 bits per heavy atom. The molecule has 0 aliphatic carbocycles. The third-order valence-electron chi connectivity index (χ3n) is 2.33. The van der Waals surface area contributed by atoms with Crippen molar-refractivity contribution in [2.45, 2.75) is 12.4 Å². The Morgan fingerprint density at radius 2 is 1.47 bits per heavy atom. The number of hydrogen-bond donors (Lipinski definition) is 0. The molecule has 101 valence electrons. The van der Waals surface area contributed by atoms with Gasteiger partial charge >= 0.3 is 12.4 Å². The largest absolute Gasteiger partial charge is 0.418 e. The first-order valence-corrected chi connectivity index (χ1v) is 4.90. The number of halogens is 6. The fourth-order valence-corrected chi connectivity index (χ4v) is 1.60. The minimum Gasteiger partial charge on any atom is -0.239 e. The highest BCUT2D eigenvalue weighted by atomic mass is 19.4. The van der Waals surface area contributed by atoms with Crippen LogP contribution >= 0.6 is 0 Å². The van der Waals surface area contributed by atoms with Gasteiger partial charge in [0.05, 0.1) is 23.0 Å². The third-order valence-corrected chi connectivity index (χ3v) is 2.33. The first-order valence-electron chi connectivity index (χ1n) is 4.90. The number of para-hydroxylation sites is 1. The molecule has 2 aromatic rings. The maximum absolute atomic E-state index is 12.8. The van der Waals surface area contributed by atoms with Crippen molar-refractivity contribution in [1.29, 1.82) is 0 Å². The van der Waals surface area contributed by atoms with Gasteiger partial charge in [0.15, 0.2) is 0 Å². The van der Waals surface area contributed by atoms with Gasteiger partial charge in [0.2, 0.25) is 0 Å². The molecule has 0 atom stereocenters. The highest BCUT2D eigenvalue weighted by Crippen LogP contribution is 2.40. The molecule has 1 aromatic carbocycles. The average Bonchev–Trinajstić information content (AvgIpc) is 2.78. The van der Waals surface area contributed by atoms with Gasteiger partial charge in [-0.25, -0.2) is 4.68 Å². The van der Waals surface area contributed by atoms with Crippen LogP contribution in [0.5, 0.6) is 0 Å². The van der Waals surface area contributed by atoms with Gasteiger partial charge in [-0.05, 0) is 12.1 Å². The fraction of sp³-hybridized carbons (Fsp3) is 0.182. The van der Waals surface area contributed by atoms with Crippen molar-refractivity contribution in [2.24, 2.45) is 0 Å². The predicted molar refractivity (Wildman–Crippen MR) is 52.4 cm³/mol. The van der Waals surface area contributed by atoms with Crippen molar-refractivity contribution in [3.63, 3.8) is 0 Å². The van der Waals surface area contributed by atoms with Gasteiger partial charge in [-0.2, -0.15) is 31.4 Å². The maximum atomic E-state index is 12.8. The van der Waals surface area contributed by atoms with Crippen molar-refractivity contribution >= 4 is 0 Å². The van der Waals surface area contributed by atoms with E-state index in [1.54, 1.807) is 0 Å². The van der Waals surface area contributed by atoms with Crippen LogP contribution in [-0.2, 0) is 12.4 Å². The zero-order valence-corrected chi connectivity index (χ0v) is 9.05. The topological polar surface area (TPSA) is 17.8 Å². The lowest BCUT2D eigenvalue weighted by molar-refractivity contribution is -0.143. The van der Waals surface area contributed by atoms with E-state index in [1.807, 2.05) is 0 Å². The SMILES string of the molecule is FC(F)(F)c1cccc(C(F)(F)F)c1-n1c[c]cn1. The molecular weight excluding hydrogens is 274 g/mol. The maximum Gasteiger partial charge on any atom is 0.418 e. The van der Waals surface area contributed by atoms with E-state index in [0.29, 0.717) is 22.9 Å². The van der Waals surface area contributed by atoms with Crippen molar-refractivity contribution in [3.8, 4) is 5.69 Å². The summed E-state index contributed by atoms with van der Waals surface area (Å²) in [5.41, 5.74) is -3.86. The molecule has 0 bridgehead atoms. The number of benzene rings is 1. The minimum atomic E-state index is -4.91. The summed E-state index contributed by atoms with van der Waals surface area (Å²) in [5.74, 6) is 0. The summed E-state index contributed by atoms with van der Waals surface area (Å²) in [6.07, 6.45) is -7.95. The first kappa shape index (κ1) is 13.4. The first-order chi connectivity index (χ1) is 8.71. The van der Waals surface area contributed by atoms with Crippen molar-refractivity contribution in [1.82, 2.24) is 9.78 Å². The summed E-state index contributed by atoms with van der Waals surface area (Å²) in [7, 11) is 0. The molecule has 1 heterocycles. The molecule has 1 aromatic heterocycles. The standard InChI is InChI=1S/C11H5F6N2/c12-10(13,14)7-3-1-4-8(11(15,16)17)9(7)19-6-2-5-18-19/h1,3-6H. The summed E-state index contributed by atoms with van der Waals surface area (Å²) < 4.78 is 77.2. The number of rotatable bonds is 1. The molecule has 0 saturated heterocycles. The zero-order chi connectivity index (χ0) is 14.3. The van der Waals surface area contributed by atoms with E-state index in [1.165, 1.54) is 0 Å². The Morgan fingerprint density at radius 3 is 1.84 bits per heavy atom. The van der Waals surface area contributed by atoms with E-state index < -0.39 is 29.2 Å². The molecule has 2 nitrogen and oxygen atoms in total. The second-order valence-corrected chi connectivity index (χ2v) is 3.58. The normalized spacial score (nSPS) is 12.7. The molecule has 0 saturated carbocycles. The second-order valence-electron chi connectivity index (χ2n) is 3.58. The molecule has 8 heteroatoms. The van der Waals surface area contributed by atoms with Crippen molar-refractivity contribution in [2.75, 3.05) is 0 Å². The molecule has 0 N–H and O–H groups in total. The lowest BCUT2D eigenvalue weighted by atomic mass is 10.1. The fourth-order valence-electron chi connectivity index (χ4n) is 1.60. The molecule has 0 aliphatic heterocycles. The van der Waals surface area contributed by atoms with Crippen LogP contribution in [0.4, 0.5) is 26.3 Å². The summed E-state index contributed by atoms with van der Waals surface area (Å²) >= 11 is 0. The zero-order valence-electron chi connectivity index (χ0n) is 9.05. The van der Waals surface area contributed by atoms with Crippen molar-refractivity contribution < 1.29 is 26.3 Å². The van der Waals surface area contributed by atoms with Gasteiger partial charge in [0.25, 0.3) is 0 Å². The van der Waals surface area contributed by atoms with Gasteiger partial charge in [-0.1, -0.05) is 6.07 Å². The van der Waals surface area contributed by atoms with Crippen LogP contribution in [0.15, 0.2) is 30.6 Å². The average molecular weight is 279 g/mol. The van der Waals surface area contributed by atoms with Crippen LogP contribution in [0.3, 0.4) is 0 Å². The van der Waals surface area contributed by atoms with Crippen LogP contribution in [0.25, 0.3) is 5.69 Å². The molecule has 0 spiro atoms. The highest BCUT2D eigenvalue weighted by Gasteiger charge is 2.41. The smallest absolute Gasteiger partial charge is 0.239 e. The third kappa shape index (κ3) is 2.56. The van der Waals surface area contributed by atoms with Gasteiger partial charge in [-0.3, -0.25) is 0 Å². The lowest BCUT2D eigenvalue weighted by Gasteiger charge is -2.18. The van der Waals surface area contributed by atoms with Gasteiger partial charge in [0, 0.05) is 12.3 Å². The van der Waals surface area contributed by atoms with E-state index >= 15 is 0 Å². The molecule has 0 aliphatic rings. The summed E-state index contributed by atoms with van der Waals surface area (Å²) in [6, 6.07) is 4.16. The lowest BCUT2D eigenvalue weighted by Crippen LogP contribution is -2.18. The Balaban J connectivity index is 2.78.